The molecule has 0 N–H and O–H groups in total. The highest BCUT2D eigenvalue weighted by Gasteiger charge is 2.23. The number of carbonyl (C=O) groups is 1. The second kappa shape index (κ2) is 8.35. The molecule has 0 bridgehead atoms. The number of rotatable bonds is 5. The van der Waals surface area contributed by atoms with Crippen LogP contribution in [-0.4, -0.2) is 66.3 Å². The molecule has 2 aliphatic rings. The molecule has 0 saturated carbocycles. The van der Waals surface area contributed by atoms with Gasteiger partial charge in [-0.1, -0.05) is 0 Å². The molecule has 2 aliphatic heterocycles. The van der Waals surface area contributed by atoms with E-state index in [1.807, 2.05) is 29.2 Å². The van der Waals surface area contributed by atoms with Crippen LogP contribution in [0.25, 0.3) is 0 Å². The quantitative estimate of drug-likeness (QED) is 0.804. The Hall–Kier alpha value is -2.67. The summed E-state index contributed by atoms with van der Waals surface area (Å²) in [6.45, 7) is 4.18. The summed E-state index contributed by atoms with van der Waals surface area (Å²) < 4.78 is 11.3. The Morgan fingerprint density at radius 3 is 2.52 bits per heavy atom. The zero-order chi connectivity index (χ0) is 18.5. The third-order valence-electron chi connectivity index (χ3n) is 4.96. The van der Waals surface area contributed by atoms with E-state index in [1.165, 1.54) is 0 Å². The van der Waals surface area contributed by atoms with E-state index in [-0.39, 0.29) is 12.0 Å². The number of hydrogen-bond donors (Lipinski definition) is 0. The highest BCUT2D eigenvalue weighted by molar-refractivity contribution is 5.94. The zero-order valence-electron chi connectivity index (χ0n) is 15.3. The summed E-state index contributed by atoms with van der Waals surface area (Å²) in [5.74, 6) is 1.54. The average molecular weight is 368 g/mol. The number of nitrogens with zero attached hydrogens (tertiary/aromatic N) is 4. The summed E-state index contributed by atoms with van der Waals surface area (Å²) in [5, 5.41) is 0. The monoisotopic (exact) mass is 368 g/mol. The molecule has 1 atom stereocenters. The van der Waals surface area contributed by atoms with Crippen LogP contribution in [0.2, 0.25) is 0 Å². The van der Waals surface area contributed by atoms with Gasteiger partial charge in [-0.15, -0.1) is 0 Å². The lowest BCUT2D eigenvalue weighted by Crippen LogP contribution is -2.49. The summed E-state index contributed by atoms with van der Waals surface area (Å²) >= 11 is 0. The minimum atomic E-state index is 0.0503. The maximum absolute atomic E-state index is 12.7. The van der Waals surface area contributed by atoms with Gasteiger partial charge in [0.2, 0.25) is 5.95 Å². The topological polar surface area (TPSA) is 67.8 Å². The second-order valence-corrected chi connectivity index (χ2v) is 6.80. The lowest BCUT2D eigenvalue weighted by molar-refractivity contribution is 0.0678. The Balaban J connectivity index is 1.29. The number of aromatic nitrogens is 2. The molecule has 4 rings (SSSR count). The van der Waals surface area contributed by atoms with Gasteiger partial charge in [-0.05, 0) is 43.2 Å². The third kappa shape index (κ3) is 4.36. The molecule has 0 spiro atoms. The molecule has 2 aromatic rings. The molecule has 1 amide bonds. The summed E-state index contributed by atoms with van der Waals surface area (Å²) in [4.78, 5) is 25.3. The van der Waals surface area contributed by atoms with E-state index >= 15 is 0 Å². The first-order chi connectivity index (χ1) is 13.3. The van der Waals surface area contributed by atoms with Crippen molar-refractivity contribution >= 4 is 11.9 Å². The highest BCUT2D eigenvalue weighted by atomic mass is 16.5. The van der Waals surface area contributed by atoms with Crippen LogP contribution in [-0.2, 0) is 4.74 Å². The van der Waals surface area contributed by atoms with Gasteiger partial charge in [-0.3, -0.25) is 4.79 Å². The normalized spacial score (nSPS) is 19.9. The highest BCUT2D eigenvalue weighted by Crippen LogP contribution is 2.18. The minimum Gasteiger partial charge on any atom is -0.491 e. The molecular weight excluding hydrogens is 344 g/mol. The average Bonchev–Trinajstić information content (AvgIpc) is 3.27. The molecule has 2 saturated heterocycles. The molecule has 7 heteroatoms. The van der Waals surface area contributed by atoms with E-state index in [9.17, 15) is 4.79 Å². The summed E-state index contributed by atoms with van der Waals surface area (Å²) in [6.07, 6.45) is 5.82. The molecule has 0 radical (unpaired) electrons. The molecule has 142 valence electrons. The fourth-order valence-electron chi connectivity index (χ4n) is 3.41. The number of hydrogen-bond acceptors (Lipinski definition) is 6. The van der Waals surface area contributed by atoms with Crippen molar-refractivity contribution in [1.82, 2.24) is 14.9 Å². The number of piperazine rings is 1. The van der Waals surface area contributed by atoms with Gasteiger partial charge in [-0.2, -0.15) is 0 Å². The van der Waals surface area contributed by atoms with Gasteiger partial charge in [-0.25, -0.2) is 9.97 Å². The van der Waals surface area contributed by atoms with Crippen LogP contribution in [0.5, 0.6) is 5.75 Å². The zero-order valence-corrected chi connectivity index (χ0v) is 15.3. The van der Waals surface area contributed by atoms with Crippen molar-refractivity contribution in [2.75, 3.05) is 44.3 Å². The van der Waals surface area contributed by atoms with Crippen LogP contribution in [0.1, 0.15) is 23.2 Å². The molecule has 7 nitrogen and oxygen atoms in total. The Kier molecular flexibility index (Phi) is 5.48. The molecule has 1 aromatic heterocycles. The minimum absolute atomic E-state index is 0.0503. The Morgan fingerprint density at radius 1 is 1.11 bits per heavy atom. The van der Waals surface area contributed by atoms with Crippen LogP contribution in [0, 0.1) is 0 Å². The molecule has 0 aliphatic carbocycles. The van der Waals surface area contributed by atoms with Crippen molar-refractivity contribution in [2.45, 2.75) is 18.9 Å². The van der Waals surface area contributed by atoms with Gasteiger partial charge in [0.25, 0.3) is 5.91 Å². The lowest BCUT2D eigenvalue weighted by Gasteiger charge is -2.34. The first-order valence-electron chi connectivity index (χ1n) is 9.45. The SMILES string of the molecule is O=C(c1ccc(OC[C@H]2CCCO2)cc1)N1CCN(c2ncccn2)CC1. The number of anilines is 1. The predicted octanol–water partition coefficient (Wildman–Crippen LogP) is 2.00. The molecule has 1 aromatic carbocycles. The van der Waals surface area contributed by atoms with E-state index in [2.05, 4.69) is 14.9 Å². The molecule has 3 heterocycles. The predicted molar refractivity (Wildman–Crippen MR) is 101 cm³/mol. The van der Waals surface area contributed by atoms with Crippen LogP contribution >= 0.6 is 0 Å². The van der Waals surface area contributed by atoms with Gasteiger partial charge < -0.3 is 19.3 Å². The summed E-state index contributed by atoms with van der Waals surface area (Å²) in [6, 6.07) is 9.18. The van der Waals surface area contributed by atoms with Gasteiger partial charge >= 0.3 is 0 Å². The standard InChI is InChI=1S/C20H24N4O3/c25-19(23-10-12-24(13-11-23)20-21-8-2-9-22-20)16-4-6-17(7-5-16)27-15-18-3-1-14-26-18/h2,4-9,18H,1,3,10-15H2/t18-/m1/s1. The summed E-state index contributed by atoms with van der Waals surface area (Å²) in [7, 11) is 0. The van der Waals surface area contributed by atoms with Crippen molar-refractivity contribution in [3.05, 3.63) is 48.3 Å². The number of carbonyl (C=O) groups excluding carboxylic acids is 1. The number of benzene rings is 1. The Morgan fingerprint density at radius 2 is 1.85 bits per heavy atom. The lowest BCUT2D eigenvalue weighted by atomic mass is 10.1. The maximum atomic E-state index is 12.7. The van der Waals surface area contributed by atoms with Crippen molar-refractivity contribution < 1.29 is 14.3 Å². The van der Waals surface area contributed by atoms with Crippen LogP contribution < -0.4 is 9.64 Å². The van der Waals surface area contributed by atoms with Crippen LogP contribution in [0.4, 0.5) is 5.95 Å². The van der Waals surface area contributed by atoms with Gasteiger partial charge in [0.1, 0.15) is 12.4 Å². The van der Waals surface area contributed by atoms with Crippen molar-refractivity contribution in [1.29, 1.82) is 0 Å². The summed E-state index contributed by atoms with van der Waals surface area (Å²) in [5.41, 5.74) is 0.684. The molecule has 27 heavy (non-hydrogen) atoms. The smallest absolute Gasteiger partial charge is 0.253 e. The number of ether oxygens (including phenoxy) is 2. The van der Waals surface area contributed by atoms with Crippen molar-refractivity contribution in [3.8, 4) is 5.75 Å². The maximum Gasteiger partial charge on any atom is 0.253 e. The van der Waals surface area contributed by atoms with Crippen molar-refractivity contribution in [3.63, 3.8) is 0 Å². The van der Waals surface area contributed by atoms with E-state index in [4.69, 9.17) is 9.47 Å². The second-order valence-electron chi connectivity index (χ2n) is 6.80. The van der Waals surface area contributed by atoms with E-state index in [0.29, 0.717) is 25.3 Å². The van der Waals surface area contributed by atoms with Crippen molar-refractivity contribution in [2.24, 2.45) is 0 Å². The molecule has 2 fully saturated rings. The fourth-order valence-corrected chi connectivity index (χ4v) is 3.41. The Labute approximate surface area is 158 Å². The van der Waals surface area contributed by atoms with E-state index in [1.54, 1.807) is 18.5 Å². The van der Waals surface area contributed by atoms with Crippen LogP contribution in [0.15, 0.2) is 42.7 Å². The van der Waals surface area contributed by atoms with Gasteiger partial charge in [0.05, 0.1) is 6.10 Å². The van der Waals surface area contributed by atoms with Crippen LogP contribution in [0.3, 0.4) is 0 Å². The van der Waals surface area contributed by atoms with Gasteiger partial charge in [0, 0.05) is 50.7 Å². The van der Waals surface area contributed by atoms with E-state index in [0.717, 1.165) is 44.2 Å². The van der Waals surface area contributed by atoms with Gasteiger partial charge in [0.15, 0.2) is 0 Å². The number of amides is 1. The first-order valence-corrected chi connectivity index (χ1v) is 9.45. The van der Waals surface area contributed by atoms with E-state index < -0.39 is 0 Å². The first kappa shape index (κ1) is 17.7. The Bertz CT molecular complexity index is 740. The largest absolute Gasteiger partial charge is 0.491 e. The molecule has 0 unspecified atom stereocenters. The molecular formula is C20H24N4O3. The fraction of sp³-hybridized carbons (Fsp3) is 0.450. The third-order valence-corrected chi connectivity index (χ3v) is 4.96.